The maximum Gasteiger partial charge on any atom is 0.446 e. The third-order valence-electron chi connectivity index (χ3n) is 2.46. The van der Waals surface area contributed by atoms with Gasteiger partial charge in [0.15, 0.2) is 0 Å². The highest BCUT2D eigenvalue weighted by Gasteiger charge is 2.34. The molecule has 98 valence electrons. The standard InChI is InChI=1S/C11H9BrF3NOS/c12-7-5-10(17)16(6-7)8-3-1-2-4-9(8)18-11(13,14)15/h1-4,7H,5-6H2. The van der Waals surface area contributed by atoms with E-state index in [9.17, 15) is 18.0 Å². The summed E-state index contributed by atoms with van der Waals surface area (Å²) in [4.78, 5) is 13.2. The lowest BCUT2D eigenvalue weighted by Gasteiger charge is -2.20. The minimum Gasteiger partial charge on any atom is -0.310 e. The lowest BCUT2D eigenvalue weighted by molar-refractivity contribution is -0.117. The Hall–Kier alpha value is -0.690. The van der Waals surface area contributed by atoms with Crippen LogP contribution in [0.1, 0.15) is 6.42 Å². The zero-order chi connectivity index (χ0) is 13.3. The molecule has 1 fully saturated rings. The van der Waals surface area contributed by atoms with Crippen molar-refractivity contribution in [2.24, 2.45) is 0 Å². The second-order valence-electron chi connectivity index (χ2n) is 3.82. The summed E-state index contributed by atoms with van der Waals surface area (Å²) in [5.41, 5.74) is -4.03. The van der Waals surface area contributed by atoms with E-state index in [1.807, 2.05) is 0 Å². The molecule has 1 aromatic carbocycles. The van der Waals surface area contributed by atoms with Crippen molar-refractivity contribution >= 4 is 39.3 Å². The first kappa shape index (κ1) is 13.7. The van der Waals surface area contributed by atoms with Gasteiger partial charge in [0.2, 0.25) is 5.91 Å². The lowest BCUT2D eigenvalue weighted by Crippen LogP contribution is -2.25. The van der Waals surface area contributed by atoms with Crippen molar-refractivity contribution in [2.45, 2.75) is 21.7 Å². The van der Waals surface area contributed by atoms with E-state index < -0.39 is 5.51 Å². The number of anilines is 1. The molecule has 0 spiro atoms. The fourth-order valence-corrected chi connectivity index (χ4v) is 3.03. The van der Waals surface area contributed by atoms with Crippen LogP contribution in [0.3, 0.4) is 0 Å². The largest absolute Gasteiger partial charge is 0.446 e. The smallest absolute Gasteiger partial charge is 0.310 e. The summed E-state index contributed by atoms with van der Waals surface area (Å²) in [5, 5.41) is 0. The molecule has 0 N–H and O–H groups in total. The first-order chi connectivity index (χ1) is 8.37. The van der Waals surface area contributed by atoms with E-state index >= 15 is 0 Å². The Morgan fingerprint density at radius 2 is 2.00 bits per heavy atom. The highest BCUT2D eigenvalue weighted by atomic mass is 79.9. The number of hydrogen-bond acceptors (Lipinski definition) is 2. The molecule has 2 rings (SSSR count). The summed E-state index contributed by atoms with van der Waals surface area (Å²) >= 11 is 3.12. The normalized spacial score (nSPS) is 20.6. The fourth-order valence-electron chi connectivity index (χ4n) is 1.79. The van der Waals surface area contributed by atoms with Gasteiger partial charge in [0.05, 0.1) is 5.69 Å². The zero-order valence-electron chi connectivity index (χ0n) is 9.08. The number of rotatable bonds is 2. The van der Waals surface area contributed by atoms with Gasteiger partial charge in [-0.2, -0.15) is 13.2 Å². The van der Waals surface area contributed by atoms with Crippen LogP contribution in [-0.2, 0) is 4.79 Å². The molecule has 18 heavy (non-hydrogen) atoms. The molecule has 0 bridgehead atoms. The van der Waals surface area contributed by atoms with Crippen LogP contribution in [0.25, 0.3) is 0 Å². The van der Waals surface area contributed by atoms with Crippen LogP contribution in [0.15, 0.2) is 29.2 Å². The Bertz CT molecular complexity index is 466. The lowest BCUT2D eigenvalue weighted by atomic mass is 10.3. The quantitative estimate of drug-likeness (QED) is 0.603. The molecule has 0 saturated carbocycles. The number of nitrogens with zero attached hydrogens (tertiary/aromatic N) is 1. The Balaban J connectivity index is 2.30. The van der Waals surface area contributed by atoms with Crippen LogP contribution in [0.4, 0.5) is 18.9 Å². The molecule has 7 heteroatoms. The molecule has 1 heterocycles. The number of carbonyl (C=O) groups is 1. The minimum atomic E-state index is -4.35. The number of amides is 1. The molecular weight excluding hydrogens is 331 g/mol. The first-order valence-corrected chi connectivity index (χ1v) is 6.89. The van der Waals surface area contributed by atoms with Crippen molar-refractivity contribution in [1.82, 2.24) is 0 Å². The van der Waals surface area contributed by atoms with Crippen molar-refractivity contribution < 1.29 is 18.0 Å². The van der Waals surface area contributed by atoms with E-state index in [1.54, 1.807) is 6.07 Å². The maximum atomic E-state index is 12.4. The minimum absolute atomic E-state index is 0.00561. The van der Waals surface area contributed by atoms with Gasteiger partial charge in [-0.05, 0) is 23.9 Å². The highest BCUT2D eigenvalue weighted by Crippen LogP contribution is 2.42. The summed E-state index contributed by atoms with van der Waals surface area (Å²) in [5.74, 6) is -0.160. The molecule has 0 aromatic heterocycles. The van der Waals surface area contributed by atoms with E-state index in [1.165, 1.54) is 23.1 Å². The summed E-state index contributed by atoms with van der Waals surface area (Å²) in [6, 6.07) is 6.08. The van der Waals surface area contributed by atoms with Crippen LogP contribution in [0, 0.1) is 0 Å². The molecular formula is C11H9BrF3NOS. The first-order valence-electron chi connectivity index (χ1n) is 5.16. The fraction of sp³-hybridized carbons (Fsp3) is 0.364. The van der Waals surface area contributed by atoms with Gasteiger partial charge in [0.1, 0.15) is 0 Å². The van der Waals surface area contributed by atoms with E-state index in [2.05, 4.69) is 15.9 Å². The third kappa shape index (κ3) is 3.20. The second-order valence-corrected chi connectivity index (χ2v) is 6.22. The van der Waals surface area contributed by atoms with E-state index in [0.29, 0.717) is 18.7 Å². The van der Waals surface area contributed by atoms with Gasteiger partial charge in [-0.3, -0.25) is 4.79 Å². The average molecular weight is 340 g/mol. The number of para-hydroxylation sites is 1. The molecule has 2 nitrogen and oxygen atoms in total. The summed E-state index contributed by atoms with van der Waals surface area (Å²) in [6.07, 6.45) is 0.311. The summed E-state index contributed by atoms with van der Waals surface area (Å²) < 4.78 is 37.3. The van der Waals surface area contributed by atoms with Gasteiger partial charge in [-0.25, -0.2) is 0 Å². The second kappa shape index (κ2) is 5.13. The Morgan fingerprint density at radius 1 is 1.33 bits per heavy atom. The van der Waals surface area contributed by atoms with Gasteiger partial charge >= 0.3 is 5.51 Å². The zero-order valence-corrected chi connectivity index (χ0v) is 11.5. The number of thioether (sulfide) groups is 1. The molecule has 1 aromatic rings. The molecule has 1 amide bonds. The molecule has 1 saturated heterocycles. The Kier molecular flexibility index (Phi) is 3.91. The monoisotopic (exact) mass is 339 g/mol. The third-order valence-corrected chi connectivity index (χ3v) is 3.87. The van der Waals surface area contributed by atoms with E-state index in [0.717, 1.165) is 0 Å². The predicted octanol–water partition coefficient (Wildman–Crippen LogP) is 3.80. The number of alkyl halides is 4. The molecule has 1 atom stereocenters. The molecule has 0 radical (unpaired) electrons. The molecule has 1 unspecified atom stereocenters. The Morgan fingerprint density at radius 3 is 2.56 bits per heavy atom. The Labute approximate surface area is 115 Å². The number of benzene rings is 1. The molecule has 1 aliphatic heterocycles. The van der Waals surface area contributed by atoms with Crippen LogP contribution >= 0.6 is 27.7 Å². The predicted molar refractivity (Wildman–Crippen MR) is 68.0 cm³/mol. The topological polar surface area (TPSA) is 20.3 Å². The van der Waals surface area contributed by atoms with E-state index in [-0.39, 0.29) is 27.4 Å². The van der Waals surface area contributed by atoms with Crippen molar-refractivity contribution in [1.29, 1.82) is 0 Å². The van der Waals surface area contributed by atoms with Crippen molar-refractivity contribution in [3.8, 4) is 0 Å². The van der Waals surface area contributed by atoms with Crippen molar-refractivity contribution in [3.63, 3.8) is 0 Å². The maximum absolute atomic E-state index is 12.4. The molecule has 0 aliphatic carbocycles. The number of hydrogen-bond donors (Lipinski definition) is 0. The van der Waals surface area contributed by atoms with Crippen LogP contribution in [-0.4, -0.2) is 22.8 Å². The van der Waals surface area contributed by atoms with Gasteiger partial charge in [0.25, 0.3) is 0 Å². The van der Waals surface area contributed by atoms with Crippen LogP contribution < -0.4 is 4.90 Å². The van der Waals surface area contributed by atoms with Crippen LogP contribution in [0.5, 0.6) is 0 Å². The number of carbonyl (C=O) groups excluding carboxylic acids is 1. The van der Waals surface area contributed by atoms with Crippen LogP contribution in [0.2, 0.25) is 0 Å². The summed E-state index contributed by atoms with van der Waals surface area (Å²) in [7, 11) is 0. The molecule has 1 aliphatic rings. The van der Waals surface area contributed by atoms with Gasteiger partial charge in [-0.15, -0.1) is 0 Å². The highest BCUT2D eigenvalue weighted by molar-refractivity contribution is 9.09. The van der Waals surface area contributed by atoms with Gasteiger partial charge < -0.3 is 4.90 Å². The average Bonchev–Trinajstić information content (AvgIpc) is 2.56. The van der Waals surface area contributed by atoms with Gasteiger partial charge in [-0.1, -0.05) is 28.1 Å². The number of halogens is 4. The van der Waals surface area contributed by atoms with E-state index in [4.69, 9.17) is 0 Å². The van der Waals surface area contributed by atoms with Crippen molar-refractivity contribution in [3.05, 3.63) is 24.3 Å². The summed E-state index contributed by atoms with van der Waals surface area (Å²) in [6.45, 7) is 0.397. The SMILES string of the molecule is O=C1CC(Br)CN1c1ccccc1SC(F)(F)F. The van der Waals surface area contributed by atoms with Crippen molar-refractivity contribution in [2.75, 3.05) is 11.4 Å². The van der Waals surface area contributed by atoms with Gasteiger partial charge in [0, 0.05) is 22.7 Å².